The summed E-state index contributed by atoms with van der Waals surface area (Å²) in [6, 6.07) is 0.726. The van der Waals surface area contributed by atoms with Crippen LogP contribution in [0.15, 0.2) is 0 Å². The van der Waals surface area contributed by atoms with E-state index >= 15 is 0 Å². The van der Waals surface area contributed by atoms with Gasteiger partial charge in [0.2, 0.25) is 0 Å². The molecule has 1 N–H and O–H groups in total. The lowest BCUT2D eigenvalue weighted by Gasteiger charge is -2.32. The SMILES string of the molecule is O[C@@H]1CCN2CCCC2C1. The van der Waals surface area contributed by atoms with Crippen LogP contribution in [0.2, 0.25) is 0 Å². The minimum Gasteiger partial charge on any atom is -0.393 e. The molecule has 2 saturated heterocycles. The first-order chi connectivity index (χ1) is 4.86. The zero-order valence-electron chi connectivity index (χ0n) is 6.29. The number of aliphatic hydroxyl groups is 1. The van der Waals surface area contributed by atoms with Crippen molar-refractivity contribution >= 4 is 0 Å². The molecule has 1 unspecified atom stereocenters. The molecule has 10 heavy (non-hydrogen) atoms. The lowest BCUT2D eigenvalue weighted by Crippen LogP contribution is -2.39. The Morgan fingerprint density at radius 2 is 2.10 bits per heavy atom. The number of hydrogen-bond acceptors (Lipinski definition) is 2. The molecule has 0 aromatic rings. The molecule has 58 valence electrons. The zero-order valence-corrected chi connectivity index (χ0v) is 6.29. The number of hydrogen-bond donors (Lipinski definition) is 1. The average molecular weight is 141 g/mol. The van der Waals surface area contributed by atoms with Crippen LogP contribution in [0.25, 0.3) is 0 Å². The summed E-state index contributed by atoms with van der Waals surface area (Å²) in [4.78, 5) is 2.52. The molecule has 2 heteroatoms. The molecule has 2 nitrogen and oxygen atoms in total. The quantitative estimate of drug-likeness (QED) is 0.534. The van der Waals surface area contributed by atoms with Gasteiger partial charge >= 0.3 is 0 Å². The Hall–Kier alpha value is -0.0800. The Balaban J connectivity index is 1.96. The summed E-state index contributed by atoms with van der Waals surface area (Å²) in [5, 5.41) is 9.33. The lowest BCUT2D eigenvalue weighted by atomic mass is 10.0. The van der Waals surface area contributed by atoms with Gasteiger partial charge in [0.05, 0.1) is 6.10 Å². The fourth-order valence-electron chi connectivity index (χ4n) is 2.20. The first-order valence-corrected chi connectivity index (χ1v) is 4.28. The maximum Gasteiger partial charge on any atom is 0.0567 e. The molecule has 0 aromatic carbocycles. The van der Waals surface area contributed by atoms with E-state index in [0.29, 0.717) is 0 Å². The normalized spacial score (nSPS) is 41.7. The summed E-state index contributed by atoms with van der Waals surface area (Å²) in [5.41, 5.74) is 0. The molecule has 0 bridgehead atoms. The van der Waals surface area contributed by atoms with Crippen molar-refractivity contribution in [1.82, 2.24) is 4.90 Å². The van der Waals surface area contributed by atoms with Gasteiger partial charge in [-0.2, -0.15) is 0 Å². The molecule has 0 amide bonds. The van der Waals surface area contributed by atoms with Crippen molar-refractivity contribution < 1.29 is 5.11 Å². The number of nitrogens with zero attached hydrogens (tertiary/aromatic N) is 1. The second kappa shape index (κ2) is 2.51. The third-order valence-corrected chi connectivity index (χ3v) is 2.79. The van der Waals surface area contributed by atoms with E-state index in [9.17, 15) is 5.11 Å². The second-order valence-corrected chi connectivity index (χ2v) is 3.51. The third kappa shape index (κ3) is 1.06. The predicted molar refractivity (Wildman–Crippen MR) is 39.8 cm³/mol. The van der Waals surface area contributed by atoms with E-state index in [4.69, 9.17) is 0 Å². The molecule has 2 rings (SSSR count). The van der Waals surface area contributed by atoms with E-state index in [0.717, 1.165) is 25.4 Å². The van der Waals surface area contributed by atoms with Crippen molar-refractivity contribution in [2.75, 3.05) is 13.1 Å². The molecule has 2 aliphatic rings. The summed E-state index contributed by atoms with van der Waals surface area (Å²) in [6.45, 7) is 2.41. The highest BCUT2D eigenvalue weighted by Crippen LogP contribution is 2.26. The van der Waals surface area contributed by atoms with Crippen molar-refractivity contribution in [3.8, 4) is 0 Å². The van der Waals surface area contributed by atoms with Crippen LogP contribution in [0.1, 0.15) is 25.7 Å². The molecule has 2 atom stereocenters. The summed E-state index contributed by atoms with van der Waals surface area (Å²) in [5.74, 6) is 0. The minimum atomic E-state index is -0.000602. The topological polar surface area (TPSA) is 23.5 Å². The maximum absolute atomic E-state index is 9.33. The first kappa shape index (κ1) is 6.62. The van der Waals surface area contributed by atoms with E-state index in [1.165, 1.54) is 19.4 Å². The number of fused-ring (bicyclic) bond motifs is 1. The summed E-state index contributed by atoms with van der Waals surface area (Å²) >= 11 is 0. The maximum atomic E-state index is 9.33. The highest BCUT2D eigenvalue weighted by molar-refractivity contribution is 4.85. The lowest BCUT2D eigenvalue weighted by molar-refractivity contribution is 0.0621. The van der Waals surface area contributed by atoms with Gasteiger partial charge in [0.1, 0.15) is 0 Å². The van der Waals surface area contributed by atoms with Crippen molar-refractivity contribution in [3.05, 3.63) is 0 Å². The van der Waals surface area contributed by atoms with Crippen molar-refractivity contribution in [1.29, 1.82) is 0 Å². The van der Waals surface area contributed by atoms with Gasteiger partial charge in [-0.15, -0.1) is 0 Å². The van der Waals surface area contributed by atoms with E-state index in [-0.39, 0.29) is 6.10 Å². The summed E-state index contributed by atoms with van der Waals surface area (Å²) in [7, 11) is 0. The highest BCUT2D eigenvalue weighted by Gasteiger charge is 2.30. The summed E-state index contributed by atoms with van der Waals surface area (Å²) in [6.07, 6.45) is 4.68. The van der Waals surface area contributed by atoms with Gasteiger partial charge in [0.25, 0.3) is 0 Å². The van der Waals surface area contributed by atoms with Gasteiger partial charge in [-0.3, -0.25) is 0 Å². The van der Waals surface area contributed by atoms with Crippen LogP contribution in [0.4, 0.5) is 0 Å². The smallest absolute Gasteiger partial charge is 0.0567 e. The fourth-order valence-corrected chi connectivity index (χ4v) is 2.20. The number of rotatable bonds is 0. The summed E-state index contributed by atoms with van der Waals surface area (Å²) < 4.78 is 0. The van der Waals surface area contributed by atoms with Gasteiger partial charge in [-0.1, -0.05) is 0 Å². The molecular weight excluding hydrogens is 126 g/mol. The molecular formula is C8H15NO. The molecule has 0 spiro atoms. The van der Waals surface area contributed by atoms with Crippen molar-refractivity contribution in [3.63, 3.8) is 0 Å². The molecule has 0 radical (unpaired) electrons. The average Bonchev–Trinajstić information content (AvgIpc) is 2.33. The Bertz CT molecular complexity index is 126. The first-order valence-electron chi connectivity index (χ1n) is 4.28. The van der Waals surface area contributed by atoms with Gasteiger partial charge in [-0.05, 0) is 32.2 Å². The van der Waals surface area contributed by atoms with Crippen LogP contribution in [-0.2, 0) is 0 Å². The van der Waals surface area contributed by atoms with Crippen LogP contribution in [0, 0.1) is 0 Å². The van der Waals surface area contributed by atoms with E-state index in [2.05, 4.69) is 4.90 Å². The van der Waals surface area contributed by atoms with E-state index in [1.54, 1.807) is 0 Å². The van der Waals surface area contributed by atoms with Crippen LogP contribution in [-0.4, -0.2) is 35.2 Å². The fraction of sp³-hybridized carbons (Fsp3) is 1.00. The number of aliphatic hydroxyl groups excluding tert-OH is 1. The molecule has 2 fully saturated rings. The van der Waals surface area contributed by atoms with Crippen LogP contribution in [0.5, 0.6) is 0 Å². The minimum absolute atomic E-state index is 0.000602. The Morgan fingerprint density at radius 3 is 3.00 bits per heavy atom. The standard InChI is InChI=1S/C8H15NO/c10-8-3-5-9-4-1-2-7(9)6-8/h7-8,10H,1-6H2/t7?,8-/m1/s1. The van der Waals surface area contributed by atoms with Crippen molar-refractivity contribution in [2.45, 2.75) is 37.8 Å². The number of piperidine rings is 1. The van der Waals surface area contributed by atoms with Crippen LogP contribution in [0.3, 0.4) is 0 Å². The Kier molecular flexibility index (Phi) is 1.66. The van der Waals surface area contributed by atoms with Gasteiger partial charge in [0, 0.05) is 12.6 Å². The van der Waals surface area contributed by atoms with Gasteiger partial charge in [0.15, 0.2) is 0 Å². The third-order valence-electron chi connectivity index (χ3n) is 2.79. The largest absolute Gasteiger partial charge is 0.393 e. The van der Waals surface area contributed by atoms with Crippen LogP contribution < -0.4 is 0 Å². The van der Waals surface area contributed by atoms with Crippen LogP contribution >= 0.6 is 0 Å². The monoisotopic (exact) mass is 141 g/mol. The zero-order chi connectivity index (χ0) is 6.97. The molecule has 0 aromatic heterocycles. The second-order valence-electron chi connectivity index (χ2n) is 3.51. The molecule has 2 heterocycles. The highest BCUT2D eigenvalue weighted by atomic mass is 16.3. The van der Waals surface area contributed by atoms with Gasteiger partial charge < -0.3 is 10.0 Å². The Labute approximate surface area is 61.8 Å². The van der Waals surface area contributed by atoms with Gasteiger partial charge in [-0.25, -0.2) is 0 Å². The Morgan fingerprint density at radius 1 is 1.20 bits per heavy atom. The van der Waals surface area contributed by atoms with E-state index in [1.807, 2.05) is 0 Å². The molecule has 0 saturated carbocycles. The van der Waals surface area contributed by atoms with E-state index < -0.39 is 0 Å². The molecule has 2 aliphatic heterocycles. The predicted octanol–water partition coefficient (Wildman–Crippen LogP) is 0.606. The van der Waals surface area contributed by atoms with Crippen molar-refractivity contribution in [2.24, 2.45) is 0 Å². The molecule has 0 aliphatic carbocycles.